The Balaban J connectivity index is 0.000000240. The zero-order valence-corrected chi connectivity index (χ0v) is 19.6. The Morgan fingerprint density at radius 3 is 2.28 bits per heavy atom. The average Bonchev–Trinajstić information content (AvgIpc) is 2.55. The van der Waals surface area contributed by atoms with Crippen LogP contribution in [0.1, 0.15) is 10.4 Å². The second-order valence-corrected chi connectivity index (χ2v) is 8.13. The smallest absolute Gasteiger partial charge is 0.339 e. The van der Waals surface area contributed by atoms with Gasteiger partial charge in [-0.1, -0.05) is 6.07 Å². The predicted molar refractivity (Wildman–Crippen MR) is 117 cm³/mol. The molecule has 0 aliphatic heterocycles. The van der Waals surface area contributed by atoms with Gasteiger partial charge < -0.3 is 15.3 Å². The van der Waals surface area contributed by atoms with Gasteiger partial charge in [0.2, 0.25) is 0 Å². The van der Waals surface area contributed by atoms with Crippen molar-refractivity contribution in [1.29, 1.82) is 0 Å². The third-order valence-electron chi connectivity index (χ3n) is 2.95. The van der Waals surface area contributed by atoms with Gasteiger partial charge >= 0.3 is 5.97 Å². The second-order valence-electron chi connectivity index (χ2n) is 4.56. The molecule has 5 nitrogen and oxygen atoms in total. The van der Waals surface area contributed by atoms with Gasteiger partial charge in [0.1, 0.15) is 22.6 Å². The summed E-state index contributed by atoms with van der Waals surface area (Å²) in [7, 11) is 0. The molecule has 25 heavy (non-hydrogen) atoms. The molecular weight excluding hydrogens is 714 g/mol. The summed E-state index contributed by atoms with van der Waals surface area (Å²) in [5.74, 6) is -1.03. The van der Waals surface area contributed by atoms with Crippen LogP contribution < -0.4 is 0 Å². The number of hydrogen-bond donors (Lipinski definition) is 3. The van der Waals surface area contributed by atoms with Crippen molar-refractivity contribution in [3.05, 3.63) is 58.9 Å². The number of phenols is 2. The predicted octanol–water partition coefficient (Wildman–Crippen LogP) is 4.84. The molecule has 0 aliphatic carbocycles. The van der Waals surface area contributed by atoms with Crippen molar-refractivity contribution in [2.45, 2.75) is 0 Å². The van der Waals surface area contributed by atoms with Gasteiger partial charge in [0.15, 0.2) is 0 Å². The number of phenolic OH excluding ortho intramolecular Hbond substituents is 1. The zero-order valence-electron chi connectivity index (χ0n) is 12.2. The van der Waals surface area contributed by atoms with Crippen molar-refractivity contribution < 1.29 is 37.2 Å². The Morgan fingerprint density at radius 2 is 1.68 bits per heavy atom. The molecule has 0 unspecified atom stereocenters. The van der Waals surface area contributed by atoms with Crippen molar-refractivity contribution in [2.24, 2.45) is 0 Å². The molecule has 3 aromatic rings. The van der Waals surface area contributed by atoms with Crippen LogP contribution in [0, 0.1) is 10.7 Å². The first-order valence-corrected chi connectivity index (χ1v) is 9.68. The number of carboxylic acids is 1. The number of benzene rings is 2. The van der Waals surface area contributed by atoms with Crippen LogP contribution in [0.25, 0.3) is 10.9 Å². The van der Waals surface area contributed by atoms with Crippen molar-refractivity contribution in [1.82, 2.24) is 4.98 Å². The standard InChI is InChI=1S/C9H6INO.C7H4I2O3.Cu/c10-7-3-4-8(12)9-6(7)2-1-5-11-9;8-3-1-4(7(11)12)6(10)5(9)2-3;/h1-5,12H;1-2,10H,(H,11,12);. The number of aromatic carboxylic acids is 1. The molecular formula is C16H10CuI3NO4. The summed E-state index contributed by atoms with van der Waals surface area (Å²) in [6.45, 7) is 0. The van der Waals surface area contributed by atoms with Crippen LogP contribution in [0.4, 0.5) is 0 Å². The van der Waals surface area contributed by atoms with E-state index >= 15 is 0 Å². The number of rotatable bonds is 1. The Kier molecular flexibility index (Phi) is 9.15. The monoisotopic (exact) mass is 724 g/mol. The van der Waals surface area contributed by atoms with Gasteiger partial charge in [-0.3, -0.25) is 4.98 Å². The summed E-state index contributed by atoms with van der Waals surface area (Å²) in [5.41, 5.74) is 0.621. The second kappa shape index (κ2) is 10.1. The van der Waals surface area contributed by atoms with Gasteiger partial charge in [-0.15, -0.1) is 0 Å². The summed E-state index contributed by atoms with van der Waals surface area (Å²) < 4.78 is 2.46. The quantitative estimate of drug-likeness (QED) is 0.247. The first-order valence-electron chi connectivity index (χ1n) is 6.44. The number of pyridine rings is 1. The minimum absolute atomic E-state index is 0. The average molecular weight is 725 g/mol. The summed E-state index contributed by atoms with van der Waals surface area (Å²) in [5, 5.41) is 28.4. The van der Waals surface area contributed by atoms with Crippen LogP contribution in [-0.4, -0.2) is 26.3 Å². The molecule has 135 valence electrons. The molecule has 0 saturated heterocycles. The number of fused-ring (bicyclic) bond motifs is 1. The zero-order chi connectivity index (χ0) is 17.9. The van der Waals surface area contributed by atoms with Crippen molar-refractivity contribution in [3.8, 4) is 11.5 Å². The molecule has 9 heteroatoms. The van der Waals surface area contributed by atoms with Crippen LogP contribution in [-0.2, 0) is 17.1 Å². The number of aromatic nitrogens is 1. The molecule has 2 aromatic carbocycles. The van der Waals surface area contributed by atoms with E-state index < -0.39 is 5.97 Å². The van der Waals surface area contributed by atoms with Crippen LogP contribution in [0.15, 0.2) is 42.6 Å². The summed E-state index contributed by atoms with van der Waals surface area (Å²) in [4.78, 5) is 14.6. The summed E-state index contributed by atoms with van der Waals surface area (Å²) in [6, 6.07) is 10.5. The van der Waals surface area contributed by atoms with E-state index in [2.05, 4.69) is 27.6 Å². The van der Waals surface area contributed by atoms with Crippen LogP contribution in [0.2, 0.25) is 0 Å². The number of nitrogens with zero attached hydrogens (tertiary/aromatic N) is 1. The molecule has 0 saturated carbocycles. The van der Waals surface area contributed by atoms with Gasteiger partial charge in [0.05, 0.1) is 3.57 Å². The first kappa shape index (κ1) is 22.7. The fourth-order valence-corrected chi connectivity index (χ4v) is 4.31. The van der Waals surface area contributed by atoms with Crippen LogP contribution in [0.5, 0.6) is 11.5 Å². The maximum atomic E-state index is 10.6. The van der Waals surface area contributed by atoms with E-state index in [9.17, 15) is 15.0 Å². The summed E-state index contributed by atoms with van der Waals surface area (Å²) in [6.07, 6.45) is 1.68. The number of hydrogen-bond acceptors (Lipinski definition) is 4. The number of halogens is 3. The van der Waals surface area contributed by atoms with E-state index in [0.717, 1.165) is 12.5 Å². The Labute approximate surface area is 195 Å². The fourth-order valence-electron chi connectivity index (χ4n) is 1.85. The number of carbonyl (C=O) groups is 1. The Morgan fingerprint density at radius 1 is 1.00 bits per heavy atom. The Hall–Kier alpha value is -0.371. The van der Waals surface area contributed by atoms with E-state index in [1.165, 1.54) is 6.07 Å². The van der Waals surface area contributed by atoms with Gasteiger partial charge in [0.25, 0.3) is 0 Å². The van der Waals surface area contributed by atoms with Crippen LogP contribution in [0.3, 0.4) is 0 Å². The molecule has 1 heterocycles. The maximum Gasteiger partial charge on any atom is 0.339 e. The molecule has 1 radical (unpaired) electrons. The Bertz CT molecular complexity index is 881. The maximum absolute atomic E-state index is 10.6. The topological polar surface area (TPSA) is 90.7 Å². The van der Waals surface area contributed by atoms with E-state index in [4.69, 9.17) is 5.11 Å². The van der Waals surface area contributed by atoms with Crippen LogP contribution >= 0.6 is 67.8 Å². The first-order chi connectivity index (χ1) is 11.3. The van der Waals surface area contributed by atoms with Gasteiger partial charge in [0, 0.05) is 35.8 Å². The molecule has 0 atom stereocenters. The van der Waals surface area contributed by atoms with Gasteiger partial charge in [-0.2, -0.15) is 0 Å². The minimum Gasteiger partial charge on any atom is -0.506 e. The van der Waals surface area contributed by atoms with Gasteiger partial charge in [-0.05, 0) is 98.1 Å². The number of aromatic hydroxyl groups is 2. The molecule has 0 spiro atoms. The molecule has 0 aliphatic rings. The van der Waals surface area contributed by atoms with Crippen molar-refractivity contribution in [3.63, 3.8) is 0 Å². The third kappa shape index (κ3) is 5.81. The molecule has 1 aromatic heterocycles. The molecule has 0 amide bonds. The molecule has 0 bridgehead atoms. The SMILES string of the molecule is O=C(O)c1cc(I)cc(I)c1O.Oc1ccc(I)c2cccnc12.[Cu]. The molecule has 0 fully saturated rings. The molecule has 3 N–H and O–H groups in total. The van der Waals surface area contributed by atoms with Crippen molar-refractivity contribution in [2.75, 3.05) is 0 Å². The third-order valence-corrected chi connectivity index (χ3v) is 5.34. The van der Waals surface area contributed by atoms with Crippen molar-refractivity contribution >= 4 is 84.6 Å². The van der Waals surface area contributed by atoms with E-state index in [1.807, 2.05) is 63.4 Å². The van der Waals surface area contributed by atoms with Gasteiger partial charge in [-0.25, -0.2) is 4.79 Å². The number of carboxylic acid groups (broad SMARTS) is 1. The normalized spacial score (nSPS) is 9.72. The largest absolute Gasteiger partial charge is 0.506 e. The summed E-state index contributed by atoms with van der Waals surface area (Å²) >= 11 is 6.12. The molecule has 3 rings (SSSR count). The fraction of sp³-hybridized carbons (Fsp3) is 0. The van der Waals surface area contributed by atoms with E-state index in [0.29, 0.717) is 9.09 Å². The van der Waals surface area contributed by atoms with E-state index in [1.54, 1.807) is 18.3 Å². The minimum atomic E-state index is -1.11. The van der Waals surface area contributed by atoms with E-state index in [-0.39, 0.29) is 34.1 Å².